The van der Waals surface area contributed by atoms with Crippen LogP contribution in [0.1, 0.15) is 18.9 Å². The van der Waals surface area contributed by atoms with Gasteiger partial charge in [0.05, 0.1) is 10.5 Å². The van der Waals surface area contributed by atoms with Gasteiger partial charge in [-0.2, -0.15) is 13.2 Å². The Morgan fingerprint density at radius 2 is 2.06 bits per heavy atom. The first kappa shape index (κ1) is 13.3. The fourth-order valence-electron chi connectivity index (χ4n) is 1.27. The van der Waals surface area contributed by atoms with Crippen molar-refractivity contribution in [2.45, 2.75) is 19.5 Å². The number of benzene rings is 1. The second-order valence-electron chi connectivity index (χ2n) is 3.41. The zero-order valence-electron chi connectivity index (χ0n) is 9.04. The number of hydrogen-bond donors (Lipinski definition) is 1. The molecule has 0 saturated heterocycles. The van der Waals surface area contributed by atoms with Crippen molar-refractivity contribution in [3.8, 4) is 0 Å². The van der Waals surface area contributed by atoms with Gasteiger partial charge in [0.25, 0.3) is 5.69 Å². The molecule has 1 N–H and O–H groups in total. The minimum Gasteiger partial charge on any atom is -0.380 e. The molecule has 0 aliphatic carbocycles. The van der Waals surface area contributed by atoms with Gasteiger partial charge < -0.3 is 5.32 Å². The van der Waals surface area contributed by atoms with Crippen LogP contribution in [0.5, 0.6) is 0 Å². The summed E-state index contributed by atoms with van der Waals surface area (Å²) in [6, 6.07) is 2.44. The highest BCUT2D eigenvalue weighted by atomic mass is 19.4. The van der Waals surface area contributed by atoms with Crippen molar-refractivity contribution in [3.63, 3.8) is 0 Å². The van der Waals surface area contributed by atoms with E-state index in [2.05, 4.69) is 5.32 Å². The summed E-state index contributed by atoms with van der Waals surface area (Å²) in [7, 11) is 0. The van der Waals surface area contributed by atoms with Crippen molar-refractivity contribution in [3.05, 3.63) is 33.9 Å². The molecule has 0 bridgehead atoms. The lowest BCUT2D eigenvalue weighted by atomic mass is 10.1. The molecule has 0 heterocycles. The van der Waals surface area contributed by atoms with Crippen molar-refractivity contribution >= 4 is 11.4 Å². The van der Waals surface area contributed by atoms with Crippen LogP contribution in [0.2, 0.25) is 0 Å². The maximum absolute atomic E-state index is 12.4. The number of nitrogens with zero attached hydrogens (tertiary/aromatic N) is 1. The number of nitro benzene ring substituents is 1. The maximum atomic E-state index is 12.4. The molecule has 0 aromatic heterocycles. The van der Waals surface area contributed by atoms with E-state index in [4.69, 9.17) is 0 Å². The fraction of sp³-hybridized carbons (Fsp3) is 0.400. The van der Waals surface area contributed by atoms with Crippen LogP contribution in [0.4, 0.5) is 24.5 Å². The largest absolute Gasteiger partial charge is 0.416 e. The topological polar surface area (TPSA) is 55.2 Å². The quantitative estimate of drug-likeness (QED) is 0.656. The van der Waals surface area contributed by atoms with Gasteiger partial charge >= 0.3 is 6.18 Å². The third kappa shape index (κ3) is 3.33. The summed E-state index contributed by atoms with van der Waals surface area (Å²) in [5.41, 5.74) is -1.48. The standard InChI is InChI=1S/C10H11F3N2O2/c1-2-5-14-8-4-3-7(10(11,12)13)6-9(8)15(16)17/h3-4,6,14H,2,5H2,1H3. The number of hydrogen-bond acceptors (Lipinski definition) is 3. The number of rotatable bonds is 4. The molecular formula is C10H11F3N2O2. The molecule has 0 aliphatic heterocycles. The molecule has 1 aromatic rings. The number of nitro groups is 1. The van der Waals surface area contributed by atoms with E-state index in [1.807, 2.05) is 6.92 Å². The van der Waals surface area contributed by atoms with Gasteiger partial charge in [0.2, 0.25) is 0 Å². The Morgan fingerprint density at radius 1 is 1.41 bits per heavy atom. The van der Waals surface area contributed by atoms with Crippen LogP contribution >= 0.6 is 0 Å². The molecule has 0 unspecified atom stereocenters. The molecule has 7 heteroatoms. The van der Waals surface area contributed by atoms with E-state index in [9.17, 15) is 23.3 Å². The van der Waals surface area contributed by atoms with E-state index in [-0.39, 0.29) is 5.69 Å². The molecule has 17 heavy (non-hydrogen) atoms. The van der Waals surface area contributed by atoms with Gasteiger partial charge in [-0.1, -0.05) is 6.92 Å². The summed E-state index contributed by atoms with van der Waals surface area (Å²) < 4.78 is 37.1. The van der Waals surface area contributed by atoms with Crippen LogP contribution < -0.4 is 5.32 Å². The Balaban J connectivity index is 3.13. The molecule has 0 amide bonds. The minimum absolute atomic E-state index is 0.102. The van der Waals surface area contributed by atoms with Crippen LogP contribution in [0.25, 0.3) is 0 Å². The molecule has 0 saturated carbocycles. The highest BCUT2D eigenvalue weighted by molar-refractivity contribution is 5.62. The van der Waals surface area contributed by atoms with Crippen molar-refractivity contribution in [2.75, 3.05) is 11.9 Å². The van der Waals surface area contributed by atoms with Gasteiger partial charge in [-0.05, 0) is 18.6 Å². The number of halogens is 3. The third-order valence-electron chi connectivity index (χ3n) is 2.09. The zero-order chi connectivity index (χ0) is 13.1. The molecule has 0 aliphatic rings. The van der Waals surface area contributed by atoms with Gasteiger partial charge in [-0.25, -0.2) is 0 Å². The van der Waals surface area contributed by atoms with Crippen LogP contribution in [0.3, 0.4) is 0 Å². The van der Waals surface area contributed by atoms with E-state index in [1.54, 1.807) is 0 Å². The summed E-state index contributed by atoms with van der Waals surface area (Å²) in [6.07, 6.45) is -3.85. The first-order chi connectivity index (χ1) is 7.86. The maximum Gasteiger partial charge on any atom is 0.416 e. The summed E-state index contributed by atoms with van der Waals surface area (Å²) >= 11 is 0. The molecule has 1 rings (SSSR count). The van der Waals surface area contributed by atoms with Crippen LogP contribution in [0, 0.1) is 10.1 Å². The van der Waals surface area contributed by atoms with Crippen molar-refractivity contribution in [1.82, 2.24) is 0 Å². The molecule has 94 valence electrons. The zero-order valence-corrected chi connectivity index (χ0v) is 9.04. The lowest BCUT2D eigenvalue weighted by Gasteiger charge is -2.09. The highest BCUT2D eigenvalue weighted by Crippen LogP contribution is 2.34. The first-order valence-electron chi connectivity index (χ1n) is 4.95. The number of alkyl halides is 3. The van der Waals surface area contributed by atoms with E-state index in [0.717, 1.165) is 18.6 Å². The average molecular weight is 248 g/mol. The Hall–Kier alpha value is -1.79. The molecule has 1 aromatic carbocycles. The van der Waals surface area contributed by atoms with Crippen molar-refractivity contribution in [1.29, 1.82) is 0 Å². The smallest absolute Gasteiger partial charge is 0.380 e. The molecule has 0 spiro atoms. The Labute approximate surface area is 95.6 Å². The predicted octanol–water partition coefficient (Wildman–Crippen LogP) is 3.44. The minimum atomic E-state index is -4.58. The SMILES string of the molecule is CCCNc1ccc(C(F)(F)F)cc1[N+](=O)[O-]. The average Bonchev–Trinajstić information content (AvgIpc) is 2.24. The van der Waals surface area contributed by atoms with Crippen LogP contribution in [0.15, 0.2) is 18.2 Å². The highest BCUT2D eigenvalue weighted by Gasteiger charge is 2.32. The lowest BCUT2D eigenvalue weighted by Crippen LogP contribution is -2.08. The second-order valence-corrected chi connectivity index (χ2v) is 3.41. The van der Waals surface area contributed by atoms with Gasteiger partial charge in [0, 0.05) is 12.6 Å². The van der Waals surface area contributed by atoms with Crippen LogP contribution in [-0.4, -0.2) is 11.5 Å². The monoisotopic (exact) mass is 248 g/mol. The third-order valence-corrected chi connectivity index (χ3v) is 2.09. The Morgan fingerprint density at radius 3 is 2.53 bits per heavy atom. The van der Waals surface area contributed by atoms with Crippen molar-refractivity contribution < 1.29 is 18.1 Å². The van der Waals surface area contributed by atoms with Gasteiger partial charge in [-0.15, -0.1) is 0 Å². The van der Waals surface area contributed by atoms with E-state index in [1.165, 1.54) is 0 Å². The predicted molar refractivity (Wildman–Crippen MR) is 56.9 cm³/mol. The Bertz CT molecular complexity index is 419. The van der Waals surface area contributed by atoms with Gasteiger partial charge in [0.15, 0.2) is 0 Å². The fourth-order valence-corrected chi connectivity index (χ4v) is 1.27. The first-order valence-corrected chi connectivity index (χ1v) is 4.95. The second kappa shape index (κ2) is 5.03. The van der Waals surface area contributed by atoms with Crippen LogP contribution in [-0.2, 0) is 6.18 Å². The molecule has 0 atom stereocenters. The normalized spacial score (nSPS) is 11.3. The van der Waals surface area contributed by atoms with E-state index < -0.39 is 22.4 Å². The summed E-state index contributed by atoms with van der Waals surface area (Å²) in [5, 5.41) is 13.4. The Kier molecular flexibility index (Phi) is 3.93. The van der Waals surface area contributed by atoms with E-state index in [0.29, 0.717) is 12.6 Å². The van der Waals surface area contributed by atoms with Gasteiger partial charge in [0.1, 0.15) is 5.69 Å². The molecule has 0 fully saturated rings. The van der Waals surface area contributed by atoms with Gasteiger partial charge in [-0.3, -0.25) is 10.1 Å². The molecular weight excluding hydrogens is 237 g/mol. The van der Waals surface area contributed by atoms with E-state index >= 15 is 0 Å². The molecule has 4 nitrogen and oxygen atoms in total. The summed E-state index contributed by atoms with van der Waals surface area (Å²) in [6.45, 7) is 2.31. The number of anilines is 1. The number of nitrogens with one attached hydrogen (secondary N) is 1. The van der Waals surface area contributed by atoms with Crippen molar-refractivity contribution in [2.24, 2.45) is 0 Å². The lowest BCUT2D eigenvalue weighted by molar-refractivity contribution is -0.384. The molecule has 0 radical (unpaired) electrons. The summed E-state index contributed by atoms with van der Waals surface area (Å²) in [5.74, 6) is 0. The summed E-state index contributed by atoms with van der Waals surface area (Å²) in [4.78, 5) is 9.84.